The summed E-state index contributed by atoms with van der Waals surface area (Å²) >= 11 is 0. The predicted molar refractivity (Wildman–Crippen MR) is 76.2 cm³/mol. The number of benzene rings is 1. The highest BCUT2D eigenvalue weighted by Crippen LogP contribution is 2.31. The Morgan fingerprint density at radius 3 is 2.70 bits per heavy atom. The third kappa shape index (κ3) is 5.32. The predicted octanol–water partition coefficient (Wildman–Crippen LogP) is 2.60. The molecular weight excluding hydrogens is 260 g/mol. The lowest BCUT2D eigenvalue weighted by Crippen LogP contribution is -2.12. The molecule has 0 bridgehead atoms. The lowest BCUT2D eigenvalue weighted by Gasteiger charge is -2.14. The van der Waals surface area contributed by atoms with Gasteiger partial charge in [-0.05, 0) is 26.0 Å². The maximum atomic E-state index is 10.6. The topological polar surface area (TPSA) is 65.0 Å². The van der Waals surface area contributed by atoms with Crippen LogP contribution >= 0.6 is 0 Å². The average Bonchev–Trinajstić information content (AvgIpc) is 2.41. The van der Waals surface area contributed by atoms with Crippen LogP contribution in [0.15, 0.2) is 24.3 Å². The van der Waals surface area contributed by atoms with Gasteiger partial charge in [0.2, 0.25) is 0 Å². The van der Waals surface area contributed by atoms with E-state index in [1.54, 1.807) is 18.2 Å². The Kier molecular flexibility index (Phi) is 6.59. The quantitative estimate of drug-likeness (QED) is 0.585. The summed E-state index contributed by atoms with van der Waals surface area (Å²) in [6.07, 6.45) is 2.68. The first kappa shape index (κ1) is 16.0. The molecule has 0 fully saturated rings. The zero-order valence-corrected chi connectivity index (χ0v) is 12.0. The third-order valence-electron chi connectivity index (χ3n) is 2.42. The summed E-state index contributed by atoms with van der Waals surface area (Å²) < 4.78 is 16.3. The van der Waals surface area contributed by atoms with Gasteiger partial charge >= 0.3 is 5.97 Å². The average molecular weight is 280 g/mol. The van der Waals surface area contributed by atoms with Gasteiger partial charge in [-0.1, -0.05) is 12.1 Å². The summed E-state index contributed by atoms with van der Waals surface area (Å²) in [6.45, 7) is 4.72. The molecule has 0 spiro atoms. The molecular formula is C15H20O5. The summed E-state index contributed by atoms with van der Waals surface area (Å²) in [5, 5.41) is 8.69. The number of rotatable bonds is 8. The van der Waals surface area contributed by atoms with Gasteiger partial charge < -0.3 is 19.3 Å². The Labute approximate surface area is 118 Å². The van der Waals surface area contributed by atoms with Gasteiger partial charge in [0.05, 0.1) is 19.8 Å². The van der Waals surface area contributed by atoms with Gasteiger partial charge in [-0.3, -0.25) is 0 Å². The first-order valence-electron chi connectivity index (χ1n) is 6.37. The van der Waals surface area contributed by atoms with Crippen molar-refractivity contribution in [3.8, 4) is 11.5 Å². The van der Waals surface area contributed by atoms with Gasteiger partial charge in [-0.2, -0.15) is 0 Å². The molecule has 20 heavy (non-hydrogen) atoms. The molecule has 0 aromatic heterocycles. The Morgan fingerprint density at radius 2 is 2.10 bits per heavy atom. The van der Waals surface area contributed by atoms with E-state index in [1.807, 2.05) is 13.8 Å². The Morgan fingerprint density at radius 1 is 1.35 bits per heavy atom. The van der Waals surface area contributed by atoms with Crippen LogP contribution in [0, 0.1) is 0 Å². The molecule has 110 valence electrons. The third-order valence-corrected chi connectivity index (χ3v) is 2.42. The molecule has 1 aromatic rings. The van der Waals surface area contributed by atoms with Gasteiger partial charge in [0.1, 0.15) is 6.61 Å². The lowest BCUT2D eigenvalue weighted by molar-refractivity contribution is -0.131. The molecule has 1 N–H and O–H groups in total. The van der Waals surface area contributed by atoms with Crippen molar-refractivity contribution in [1.29, 1.82) is 0 Å². The summed E-state index contributed by atoms with van der Waals surface area (Å²) in [7, 11) is 1.54. The van der Waals surface area contributed by atoms with Gasteiger partial charge in [0.15, 0.2) is 11.5 Å². The van der Waals surface area contributed by atoms with E-state index < -0.39 is 5.97 Å². The molecule has 0 aliphatic heterocycles. The highest BCUT2D eigenvalue weighted by molar-refractivity contribution is 5.86. The molecule has 0 amide bonds. The van der Waals surface area contributed by atoms with Gasteiger partial charge in [-0.15, -0.1) is 0 Å². The fraction of sp³-hybridized carbons (Fsp3) is 0.400. The normalized spacial score (nSPS) is 11.0. The smallest absolute Gasteiger partial charge is 0.328 e. The first-order chi connectivity index (χ1) is 9.54. The van der Waals surface area contributed by atoms with Gasteiger partial charge in [0, 0.05) is 11.6 Å². The van der Waals surface area contributed by atoms with Crippen molar-refractivity contribution in [2.45, 2.75) is 20.0 Å². The number of carbonyl (C=O) groups is 1. The van der Waals surface area contributed by atoms with Crippen molar-refractivity contribution in [3.05, 3.63) is 29.8 Å². The fourth-order valence-corrected chi connectivity index (χ4v) is 1.57. The van der Waals surface area contributed by atoms with Crippen molar-refractivity contribution in [2.24, 2.45) is 0 Å². The fourth-order valence-electron chi connectivity index (χ4n) is 1.57. The van der Waals surface area contributed by atoms with Crippen molar-refractivity contribution in [3.63, 3.8) is 0 Å². The molecule has 5 nitrogen and oxygen atoms in total. The number of hydrogen-bond donors (Lipinski definition) is 1. The van der Waals surface area contributed by atoms with E-state index in [-0.39, 0.29) is 6.10 Å². The molecule has 1 rings (SSSR count). The van der Waals surface area contributed by atoms with Crippen LogP contribution < -0.4 is 9.47 Å². The molecule has 0 radical (unpaired) electrons. The van der Waals surface area contributed by atoms with Crippen molar-refractivity contribution < 1.29 is 24.1 Å². The van der Waals surface area contributed by atoms with E-state index in [1.165, 1.54) is 13.2 Å². The number of methoxy groups -OCH3 is 1. The van der Waals surface area contributed by atoms with Gasteiger partial charge in [-0.25, -0.2) is 4.79 Å². The number of carboxylic acids is 1. The second kappa shape index (κ2) is 8.22. The minimum atomic E-state index is -1.01. The zero-order chi connectivity index (χ0) is 15.0. The molecule has 0 aliphatic carbocycles. The number of ether oxygens (including phenoxy) is 3. The van der Waals surface area contributed by atoms with E-state index in [9.17, 15) is 4.79 Å². The molecule has 0 unspecified atom stereocenters. The van der Waals surface area contributed by atoms with E-state index in [4.69, 9.17) is 19.3 Å². The number of carboxylic acid groups (broad SMARTS) is 1. The first-order valence-corrected chi connectivity index (χ1v) is 6.37. The SMILES string of the molecule is COc1cccc(C=CC(=O)O)c1OCCOC(C)C. The van der Waals surface area contributed by atoms with Crippen LogP contribution in [0.3, 0.4) is 0 Å². The molecule has 0 heterocycles. The van der Waals surface area contributed by atoms with E-state index in [0.29, 0.717) is 30.3 Å². The van der Waals surface area contributed by atoms with Crippen LogP contribution in [-0.4, -0.2) is 37.5 Å². The molecule has 5 heteroatoms. The standard InChI is InChI=1S/C15H20O5/c1-11(2)19-9-10-20-15-12(7-8-14(16)17)5-4-6-13(15)18-3/h4-8,11H,9-10H2,1-3H3,(H,16,17). The van der Waals surface area contributed by atoms with Crippen LogP contribution in [0.2, 0.25) is 0 Å². The molecule has 0 saturated heterocycles. The monoisotopic (exact) mass is 280 g/mol. The largest absolute Gasteiger partial charge is 0.493 e. The van der Waals surface area contributed by atoms with E-state index in [2.05, 4.69) is 0 Å². The number of para-hydroxylation sites is 1. The lowest BCUT2D eigenvalue weighted by atomic mass is 10.1. The van der Waals surface area contributed by atoms with Crippen molar-refractivity contribution in [1.82, 2.24) is 0 Å². The second-order valence-corrected chi connectivity index (χ2v) is 4.32. The van der Waals surface area contributed by atoms with E-state index >= 15 is 0 Å². The molecule has 0 saturated carbocycles. The summed E-state index contributed by atoms with van der Waals surface area (Å²) in [6, 6.07) is 5.30. The maximum absolute atomic E-state index is 10.6. The minimum absolute atomic E-state index is 0.141. The van der Waals surface area contributed by atoms with Crippen LogP contribution in [0.1, 0.15) is 19.4 Å². The van der Waals surface area contributed by atoms with Crippen LogP contribution in [-0.2, 0) is 9.53 Å². The van der Waals surface area contributed by atoms with Crippen LogP contribution in [0.4, 0.5) is 0 Å². The second-order valence-electron chi connectivity index (χ2n) is 4.32. The molecule has 1 aromatic carbocycles. The van der Waals surface area contributed by atoms with Crippen molar-refractivity contribution in [2.75, 3.05) is 20.3 Å². The summed E-state index contributed by atoms with van der Waals surface area (Å²) in [4.78, 5) is 10.6. The van der Waals surface area contributed by atoms with Crippen LogP contribution in [0.5, 0.6) is 11.5 Å². The maximum Gasteiger partial charge on any atom is 0.328 e. The molecule has 0 aliphatic rings. The minimum Gasteiger partial charge on any atom is -0.493 e. The Hall–Kier alpha value is -2.01. The molecule has 0 atom stereocenters. The summed E-state index contributed by atoms with van der Waals surface area (Å²) in [5.74, 6) is 0.0591. The van der Waals surface area contributed by atoms with Gasteiger partial charge in [0.25, 0.3) is 0 Å². The number of aliphatic carboxylic acids is 1. The van der Waals surface area contributed by atoms with Crippen molar-refractivity contribution >= 4 is 12.0 Å². The summed E-state index contributed by atoms with van der Waals surface area (Å²) in [5.41, 5.74) is 0.649. The highest BCUT2D eigenvalue weighted by atomic mass is 16.5. The highest BCUT2D eigenvalue weighted by Gasteiger charge is 2.09. The Balaban J connectivity index is 2.81. The zero-order valence-electron chi connectivity index (χ0n) is 12.0. The van der Waals surface area contributed by atoms with Crippen LogP contribution in [0.25, 0.3) is 6.08 Å². The Bertz CT molecular complexity index is 465. The van der Waals surface area contributed by atoms with E-state index in [0.717, 1.165) is 6.08 Å². The number of hydrogen-bond acceptors (Lipinski definition) is 4.